The minimum absolute atomic E-state index is 0.00557. The highest BCUT2D eigenvalue weighted by atomic mass is 32.2. The van der Waals surface area contributed by atoms with Gasteiger partial charge in [0.1, 0.15) is 11.5 Å². The van der Waals surface area contributed by atoms with E-state index in [9.17, 15) is 17.6 Å². The highest BCUT2D eigenvalue weighted by Gasteiger charge is 2.51. The van der Waals surface area contributed by atoms with Gasteiger partial charge in [-0.3, -0.25) is 9.78 Å². The summed E-state index contributed by atoms with van der Waals surface area (Å²) in [5.74, 6) is -0.545. The van der Waals surface area contributed by atoms with Gasteiger partial charge in [0.25, 0.3) is 0 Å². The molecule has 42 heavy (non-hydrogen) atoms. The molecule has 0 spiro atoms. The van der Waals surface area contributed by atoms with E-state index in [0.717, 1.165) is 48.4 Å². The zero-order valence-electron chi connectivity index (χ0n) is 23.0. The zero-order valence-corrected chi connectivity index (χ0v) is 23.8. The SMILES string of the molecule is O=C(c1ccccn1)[C@@]12Cc3cnn(-c4ccc(F)cc4)c3C=C1CCN(S(=O)(=O)c1ccc(N3CCCC3)cc1)C2. The van der Waals surface area contributed by atoms with Gasteiger partial charge >= 0.3 is 0 Å². The van der Waals surface area contributed by atoms with Crippen LogP contribution < -0.4 is 4.90 Å². The normalized spacial score (nSPS) is 20.6. The molecular weight excluding hydrogens is 553 g/mol. The van der Waals surface area contributed by atoms with Crippen LogP contribution in [0.5, 0.6) is 0 Å². The number of hydrogen-bond donors (Lipinski definition) is 0. The maximum Gasteiger partial charge on any atom is 0.243 e. The molecule has 8 nitrogen and oxygen atoms in total. The molecule has 214 valence electrons. The van der Waals surface area contributed by atoms with Crippen LogP contribution in [0.4, 0.5) is 10.1 Å². The van der Waals surface area contributed by atoms with Gasteiger partial charge in [-0.15, -0.1) is 0 Å². The summed E-state index contributed by atoms with van der Waals surface area (Å²) in [5.41, 5.74) is 3.39. The van der Waals surface area contributed by atoms with Crippen molar-refractivity contribution in [3.8, 4) is 5.69 Å². The number of piperidine rings is 1. The second-order valence-corrected chi connectivity index (χ2v) is 13.1. The Labute approximate surface area is 244 Å². The van der Waals surface area contributed by atoms with Crippen LogP contribution in [0.15, 0.2) is 89.6 Å². The largest absolute Gasteiger partial charge is 0.372 e. The smallest absolute Gasteiger partial charge is 0.243 e. The first kappa shape index (κ1) is 26.7. The number of carbonyl (C=O) groups is 1. The number of ketones is 1. The molecule has 2 fully saturated rings. The van der Waals surface area contributed by atoms with Crippen molar-refractivity contribution < 1.29 is 17.6 Å². The van der Waals surface area contributed by atoms with Crippen LogP contribution in [0.2, 0.25) is 0 Å². The lowest BCUT2D eigenvalue weighted by molar-refractivity contribution is 0.0770. The number of Topliss-reactive ketones (excluding diaryl/α,β-unsaturated/α-hetero) is 1. The van der Waals surface area contributed by atoms with Crippen LogP contribution in [0.3, 0.4) is 0 Å². The second-order valence-electron chi connectivity index (χ2n) is 11.2. The van der Waals surface area contributed by atoms with E-state index < -0.39 is 15.4 Å². The van der Waals surface area contributed by atoms with E-state index in [4.69, 9.17) is 0 Å². The molecule has 1 atom stereocenters. The molecule has 3 aliphatic rings. The number of halogens is 1. The van der Waals surface area contributed by atoms with Gasteiger partial charge in [-0.05, 0) is 98.0 Å². The maximum atomic E-state index is 14.3. The van der Waals surface area contributed by atoms with Crippen molar-refractivity contribution >= 4 is 27.6 Å². The van der Waals surface area contributed by atoms with E-state index in [1.165, 1.54) is 16.4 Å². The molecule has 0 N–H and O–H groups in total. The highest BCUT2D eigenvalue weighted by molar-refractivity contribution is 7.89. The number of carbonyl (C=O) groups excluding carboxylic acids is 1. The highest BCUT2D eigenvalue weighted by Crippen LogP contribution is 2.47. The summed E-state index contributed by atoms with van der Waals surface area (Å²) in [6.45, 7) is 2.21. The van der Waals surface area contributed by atoms with E-state index in [1.807, 2.05) is 18.2 Å². The van der Waals surface area contributed by atoms with Gasteiger partial charge in [-0.25, -0.2) is 17.5 Å². The monoisotopic (exact) mass is 583 g/mol. The van der Waals surface area contributed by atoms with Crippen molar-refractivity contribution in [2.24, 2.45) is 5.41 Å². The molecule has 2 aromatic heterocycles. The van der Waals surface area contributed by atoms with Crippen LogP contribution in [0.1, 0.15) is 41.0 Å². The lowest BCUT2D eigenvalue weighted by atomic mass is 9.65. The summed E-state index contributed by atoms with van der Waals surface area (Å²) in [4.78, 5) is 21.1. The molecule has 0 unspecified atom stereocenters. The third kappa shape index (κ3) is 4.46. The molecule has 4 aromatic rings. The fourth-order valence-corrected chi connectivity index (χ4v) is 8.00. The van der Waals surface area contributed by atoms with Gasteiger partial charge in [-0.1, -0.05) is 11.6 Å². The molecule has 0 saturated carbocycles. The first-order valence-electron chi connectivity index (χ1n) is 14.2. The van der Waals surface area contributed by atoms with Gasteiger partial charge in [0.2, 0.25) is 10.0 Å². The number of fused-ring (bicyclic) bond motifs is 2. The minimum Gasteiger partial charge on any atom is -0.372 e. The molecule has 4 heterocycles. The van der Waals surface area contributed by atoms with Crippen molar-refractivity contribution in [2.75, 3.05) is 31.1 Å². The van der Waals surface area contributed by atoms with Crippen LogP contribution in [0.25, 0.3) is 11.8 Å². The van der Waals surface area contributed by atoms with Gasteiger partial charge in [0.05, 0.1) is 27.9 Å². The number of benzene rings is 2. The van der Waals surface area contributed by atoms with E-state index in [2.05, 4.69) is 15.0 Å². The van der Waals surface area contributed by atoms with Crippen LogP contribution >= 0.6 is 0 Å². The van der Waals surface area contributed by atoms with Crippen molar-refractivity contribution in [3.63, 3.8) is 0 Å². The fraction of sp³-hybridized carbons (Fsp3) is 0.281. The topological polar surface area (TPSA) is 88.4 Å². The molecule has 2 aromatic carbocycles. The van der Waals surface area contributed by atoms with Crippen molar-refractivity contribution in [1.29, 1.82) is 0 Å². The summed E-state index contributed by atoms with van der Waals surface area (Å²) in [6, 6.07) is 18.4. The Morgan fingerprint density at radius 3 is 2.36 bits per heavy atom. The predicted molar refractivity (Wildman–Crippen MR) is 157 cm³/mol. The predicted octanol–water partition coefficient (Wildman–Crippen LogP) is 4.91. The number of nitrogens with zero attached hydrogens (tertiary/aromatic N) is 5. The molecule has 2 aliphatic heterocycles. The lowest BCUT2D eigenvalue weighted by Gasteiger charge is -2.44. The number of hydrogen-bond acceptors (Lipinski definition) is 6. The molecule has 1 aliphatic carbocycles. The van der Waals surface area contributed by atoms with Gasteiger partial charge in [-0.2, -0.15) is 9.40 Å². The standard InChI is InChI=1S/C32H30FN5O3S/c33-25-6-8-27(9-7-25)38-30-19-24-14-18-37(42(40,41)28-12-10-26(11-13-28)36-16-3-4-17-36)22-32(24,20-23(30)21-35-38)31(39)29-5-1-2-15-34-29/h1-2,5-13,15,19,21H,3-4,14,16-18,20,22H2/t32-/m1/s1. The summed E-state index contributed by atoms with van der Waals surface area (Å²) >= 11 is 0. The zero-order chi connectivity index (χ0) is 28.9. The second kappa shape index (κ2) is 10.3. The summed E-state index contributed by atoms with van der Waals surface area (Å²) < 4.78 is 44.7. The minimum atomic E-state index is -3.87. The molecular formula is C32H30FN5O3S. The molecule has 7 rings (SSSR count). The molecule has 0 bridgehead atoms. The number of aromatic nitrogens is 3. The van der Waals surface area contributed by atoms with E-state index in [1.54, 1.807) is 59.5 Å². The quantitative estimate of drug-likeness (QED) is 0.300. The van der Waals surface area contributed by atoms with Crippen molar-refractivity contribution in [1.82, 2.24) is 19.1 Å². The molecule has 10 heteroatoms. The number of sulfonamides is 1. The Hall–Kier alpha value is -4.15. The van der Waals surface area contributed by atoms with Gasteiger partial charge in [0, 0.05) is 38.1 Å². The Morgan fingerprint density at radius 2 is 1.64 bits per heavy atom. The van der Waals surface area contributed by atoms with Crippen LogP contribution in [-0.4, -0.2) is 59.4 Å². The summed E-state index contributed by atoms with van der Waals surface area (Å²) in [5, 5.41) is 4.56. The Morgan fingerprint density at radius 1 is 0.905 bits per heavy atom. The van der Waals surface area contributed by atoms with Crippen LogP contribution in [0, 0.1) is 11.2 Å². The van der Waals surface area contributed by atoms with E-state index in [0.29, 0.717) is 17.8 Å². The molecule has 0 amide bonds. The fourth-order valence-electron chi connectivity index (χ4n) is 6.50. The van der Waals surface area contributed by atoms with E-state index in [-0.39, 0.29) is 36.0 Å². The number of pyridine rings is 1. The average molecular weight is 584 g/mol. The van der Waals surface area contributed by atoms with Crippen molar-refractivity contribution in [3.05, 3.63) is 107 Å². The Kier molecular flexibility index (Phi) is 6.55. The Balaban J connectivity index is 1.26. The van der Waals surface area contributed by atoms with Gasteiger partial charge in [0.15, 0.2) is 5.78 Å². The first-order chi connectivity index (χ1) is 20.3. The average Bonchev–Trinajstić information content (AvgIpc) is 3.71. The first-order valence-corrected chi connectivity index (χ1v) is 15.6. The number of rotatable bonds is 6. The summed E-state index contributed by atoms with van der Waals surface area (Å²) in [7, 11) is -3.87. The lowest BCUT2D eigenvalue weighted by Crippen LogP contribution is -2.53. The van der Waals surface area contributed by atoms with E-state index >= 15 is 0 Å². The molecule has 2 saturated heterocycles. The third-order valence-electron chi connectivity index (χ3n) is 8.73. The third-order valence-corrected chi connectivity index (χ3v) is 10.6. The van der Waals surface area contributed by atoms with Gasteiger partial charge < -0.3 is 4.90 Å². The Bertz CT molecular complexity index is 1780. The maximum absolute atomic E-state index is 14.3. The summed E-state index contributed by atoms with van der Waals surface area (Å²) in [6.07, 6.45) is 8.20. The van der Waals surface area contributed by atoms with Crippen LogP contribution in [-0.2, 0) is 16.4 Å². The molecule has 0 radical (unpaired) electrons. The van der Waals surface area contributed by atoms with Crippen molar-refractivity contribution in [2.45, 2.75) is 30.6 Å². The number of anilines is 1.